The van der Waals surface area contributed by atoms with E-state index in [1.54, 1.807) is 0 Å². The highest BCUT2D eigenvalue weighted by atomic mass is 16.3. The summed E-state index contributed by atoms with van der Waals surface area (Å²) in [6, 6.07) is 10.3. The molecule has 0 radical (unpaired) electrons. The van der Waals surface area contributed by atoms with Gasteiger partial charge in [-0.3, -0.25) is 4.79 Å². The molecule has 0 saturated heterocycles. The van der Waals surface area contributed by atoms with Crippen LogP contribution in [-0.4, -0.2) is 35.6 Å². The van der Waals surface area contributed by atoms with Crippen molar-refractivity contribution in [1.29, 1.82) is 0 Å². The molecule has 3 nitrogen and oxygen atoms in total. The molecule has 0 heterocycles. The fraction of sp³-hybridized carbons (Fsp3) is 0.533. The maximum atomic E-state index is 12.3. The van der Waals surface area contributed by atoms with Crippen LogP contribution in [-0.2, 0) is 4.79 Å². The summed E-state index contributed by atoms with van der Waals surface area (Å²) in [5, 5.41) is 8.84. The van der Waals surface area contributed by atoms with Gasteiger partial charge in [0.1, 0.15) is 0 Å². The Bertz CT molecular complexity index is 391. The molecule has 0 aromatic heterocycles. The van der Waals surface area contributed by atoms with E-state index in [1.807, 2.05) is 30.0 Å². The molecule has 18 heavy (non-hydrogen) atoms. The monoisotopic (exact) mass is 247 g/mol. The van der Waals surface area contributed by atoms with Gasteiger partial charge >= 0.3 is 0 Å². The molecular formula is C15H21NO2. The Kier molecular flexibility index (Phi) is 4.37. The molecule has 0 aliphatic heterocycles. The molecule has 98 valence electrons. The number of carbonyl (C=O) groups excluding carboxylic acids is 1. The van der Waals surface area contributed by atoms with Crippen LogP contribution in [0.1, 0.15) is 31.2 Å². The molecule has 0 spiro atoms. The molecule has 3 heteroatoms. The van der Waals surface area contributed by atoms with E-state index in [-0.39, 0.29) is 18.4 Å². The summed E-state index contributed by atoms with van der Waals surface area (Å²) in [5.41, 5.74) is 1.27. The van der Waals surface area contributed by atoms with Crippen molar-refractivity contribution in [2.45, 2.75) is 25.7 Å². The van der Waals surface area contributed by atoms with E-state index in [1.165, 1.54) is 5.56 Å². The van der Waals surface area contributed by atoms with Gasteiger partial charge in [-0.05, 0) is 31.2 Å². The first kappa shape index (κ1) is 13.1. The molecule has 1 aromatic carbocycles. The normalized spacial score (nSPS) is 21.7. The highest BCUT2D eigenvalue weighted by Crippen LogP contribution is 2.48. The van der Waals surface area contributed by atoms with Gasteiger partial charge in [-0.1, -0.05) is 30.3 Å². The highest BCUT2D eigenvalue weighted by Gasteiger charge is 2.45. The van der Waals surface area contributed by atoms with Crippen molar-refractivity contribution in [2.24, 2.45) is 5.92 Å². The van der Waals surface area contributed by atoms with Crippen molar-refractivity contribution in [2.75, 3.05) is 19.7 Å². The minimum Gasteiger partial charge on any atom is -0.396 e. The first-order valence-electron chi connectivity index (χ1n) is 6.72. The van der Waals surface area contributed by atoms with Crippen LogP contribution in [0.15, 0.2) is 30.3 Å². The molecular weight excluding hydrogens is 226 g/mol. The van der Waals surface area contributed by atoms with Gasteiger partial charge in [0, 0.05) is 25.6 Å². The quantitative estimate of drug-likeness (QED) is 0.835. The van der Waals surface area contributed by atoms with Gasteiger partial charge in [-0.15, -0.1) is 0 Å². The average Bonchev–Trinajstić information content (AvgIpc) is 3.20. The fourth-order valence-corrected chi connectivity index (χ4v) is 2.46. The number of benzene rings is 1. The second-order valence-electron chi connectivity index (χ2n) is 4.85. The standard InChI is InChI=1S/C15H21NO2/c1-2-16(9-6-10-17)15(18)14-11-13(14)12-7-4-3-5-8-12/h3-5,7-8,13-14,17H,2,6,9-11H2,1H3. The molecule has 2 unspecified atom stereocenters. The van der Waals surface area contributed by atoms with E-state index < -0.39 is 0 Å². The van der Waals surface area contributed by atoms with Crippen molar-refractivity contribution >= 4 is 5.91 Å². The SMILES string of the molecule is CCN(CCCO)C(=O)C1CC1c1ccccc1. The third-order valence-electron chi connectivity index (χ3n) is 3.61. The van der Waals surface area contributed by atoms with Crippen LogP contribution in [0.2, 0.25) is 0 Å². The summed E-state index contributed by atoms with van der Waals surface area (Å²) in [7, 11) is 0. The van der Waals surface area contributed by atoms with E-state index >= 15 is 0 Å². The van der Waals surface area contributed by atoms with Crippen LogP contribution >= 0.6 is 0 Å². The topological polar surface area (TPSA) is 40.5 Å². The number of amides is 1. The van der Waals surface area contributed by atoms with E-state index in [2.05, 4.69) is 12.1 Å². The first-order chi connectivity index (χ1) is 8.77. The lowest BCUT2D eigenvalue weighted by atomic mass is 10.1. The molecule has 1 N–H and O–H groups in total. The summed E-state index contributed by atoms with van der Waals surface area (Å²) in [6.45, 7) is 3.55. The number of hydrogen-bond donors (Lipinski definition) is 1. The lowest BCUT2D eigenvalue weighted by Gasteiger charge is -2.20. The first-order valence-corrected chi connectivity index (χ1v) is 6.72. The summed E-state index contributed by atoms with van der Waals surface area (Å²) in [4.78, 5) is 14.1. The van der Waals surface area contributed by atoms with Gasteiger partial charge in [-0.25, -0.2) is 0 Å². The van der Waals surface area contributed by atoms with Crippen molar-refractivity contribution in [1.82, 2.24) is 4.90 Å². The van der Waals surface area contributed by atoms with Gasteiger partial charge in [0.25, 0.3) is 0 Å². The van der Waals surface area contributed by atoms with Crippen molar-refractivity contribution in [3.63, 3.8) is 0 Å². The molecule has 0 bridgehead atoms. The van der Waals surface area contributed by atoms with Crippen molar-refractivity contribution < 1.29 is 9.90 Å². The van der Waals surface area contributed by atoms with Crippen LogP contribution in [0.4, 0.5) is 0 Å². The molecule has 1 aliphatic carbocycles. The smallest absolute Gasteiger partial charge is 0.226 e. The van der Waals surface area contributed by atoms with Gasteiger partial charge in [0.05, 0.1) is 0 Å². The Hall–Kier alpha value is -1.35. The molecule has 1 aliphatic rings. The van der Waals surface area contributed by atoms with E-state index in [9.17, 15) is 4.79 Å². The van der Waals surface area contributed by atoms with Crippen LogP contribution in [0.25, 0.3) is 0 Å². The predicted molar refractivity (Wildman–Crippen MR) is 71.2 cm³/mol. The third kappa shape index (κ3) is 2.91. The van der Waals surface area contributed by atoms with Gasteiger partial charge in [0.15, 0.2) is 0 Å². The lowest BCUT2D eigenvalue weighted by molar-refractivity contribution is -0.132. The molecule has 2 rings (SSSR count). The molecule has 1 fully saturated rings. The Morgan fingerprint density at radius 3 is 2.72 bits per heavy atom. The average molecular weight is 247 g/mol. The van der Waals surface area contributed by atoms with Gasteiger partial charge in [-0.2, -0.15) is 0 Å². The van der Waals surface area contributed by atoms with Gasteiger partial charge in [0.2, 0.25) is 5.91 Å². The molecule has 1 aromatic rings. The lowest BCUT2D eigenvalue weighted by Crippen LogP contribution is -2.33. The maximum Gasteiger partial charge on any atom is 0.226 e. The highest BCUT2D eigenvalue weighted by molar-refractivity contribution is 5.83. The van der Waals surface area contributed by atoms with Crippen LogP contribution in [0, 0.1) is 5.92 Å². The predicted octanol–water partition coefficient (Wildman–Crippen LogP) is 2.02. The molecule has 1 amide bonds. The third-order valence-corrected chi connectivity index (χ3v) is 3.61. The number of aliphatic hydroxyl groups is 1. The van der Waals surface area contributed by atoms with Crippen molar-refractivity contribution in [3.8, 4) is 0 Å². The fourth-order valence-electron chi connectivity index (χ4n) is 2.46. The minimum absolute atomic E-state index is 0.149. The Labute approximate surface area is 108 Å². The summed E-state index contributed by atoms with van der Waals surface area (Å²) in [5.74, 6) is 0.813. The van der Waals surface area contributed by atoms with Crippen LogP contribution in [0.3, 0.4) is 0 Å². The Morgan fingerprint density at radius 1 is 1.39 bits per heavy atom. The van der Waals surface area contributed by atoms with Crippen molar-refractivity contribution in [3.05, 3.63) is 35.9 Å². The Morgan fingerprint density at radius 2 is 2.11 bits per heavy atom. The van der Waals surface area contributed by atoms with E-state index in [0.717, 1.165) is 13.0 Å². The molecule has 2 atom stereocenters. The molecule has 1 saturated carbocycles. The van der Waals surface area contributed by atoms with Gasteiger partial charge < -0.3 is 10.0 Å². The zero-order valence-corrected chi connectivity index (χ0v) is 10.9. The van der Waals surface area contributed by atoms with Crippen LogP contribution in [0.5, 0.6) is 0 Å². The summed E-state index contributed by atoms with van der Waals surface area (Å²) in [6.07, 6.45) is 1.64. The zero-order chi connectivity index (χ0) is 13.0. The largest absolute Gasteiger partial charge is 0.396 e. The van der Waals surface area contributed by atoms with E-state index in [4.69, 9.17) is 5.11 Å². The van der Waals surface area contributed by atoms with Crippen LogP contribution < -0.4 is 0 Å². The number of carbonyl (C=O) groups is 1. The summed E-state index contributed by atoms with van der Waals surface area (Å²) < 4.78 is 0. The number of rotatable bonds is 6. The number of aliphatic hydroxyl groups excluding tert-OH is 1. The number of nitrogens with zero attached hydrogens (tertiary/aromatic N) is 1. The number of hydrogen-bond acceptors (Lipinski definition) is 2. The summed E-state index contributed by atoms with van der Waals surface area (Å²) >= 11 is 0. The maximum absolute atomic E-state index is 12.3. The second-order valence-corrected chi connectivity index (χ2v) is 4.85. The second kappa shape index (κ2) is 6.01. The zero-order valence-electron chi connectivity index (χ0n) is 10.9. The van der Waals surface area contributed by atoms with E-state index in [0.29, 0.717) is 18.9 Å². The minimum atomic E-state index is 0.149. The Balaban J connectivity index is 1.92.